The summed E-state index contributed by atoms with van der Waals surface area (Å²) in [7, 11) is -2.58. The number of hydrogen-bond acceptors (Lipinski definition) is 7. The lowest BCUT2D eigenvalue weighted by atomic mass is 10.2. The summed E-state index contributed by atoms with van der Waals surface area (Å²) in [5.74, 6) is -0.548. The Morgan fingerprint density at radius 2 is 1.93 bits per heavy atom. The molecule has 10 nitrogen and oxygen atoms in total. The molecule has 12 heteroatoms. The molecular weight excluding hydrogens is 438 g/mol. The minimum atomic E-state index is -3.92. The molecular formula is C18H18ClN3O7S. The summed E-state index contributed by atoms with van der Waals surface area (Å²) in [5.41, 5.74) is -0.176. The Labute approximate surface area is 177 Å². The lowest BCUT2D eigenvalue weighted by Gasteiger charge is -2.26. The normalized spacial score (nSPS) is 14.9. The third-order valence-electron chi connectivity index (χ3n) is 4.41. The molecule has 1 N–H and O–H groups in total. The Kier molecular flexibility index (Phi) is 6.56. The number of anilines is 1. The number of amides is 1. The van der Waals surface area contributed by atoms with Crippen molar-refractivity contribution in [1.29, 1.82) is 0 Å². The van der Waals surface area contributed by atoms with E-state index in [1.807, 2.05) is 0 Å². The molecule has 0 spiro atoms. The van der Waals surface area contributed by atoms with Crippen LogP contribution in [0.3, 0.4) is 0 Å². The number of methoxy groups -OCH3 is 1. The van der Waals surface area contributed by atoms with Crippen LogP contribution in [0.25, 0.3) is 0 Å². The number of rotatable bonds is 6. The Morgan fingerprint density at radius 1 is 1.23 bits per heavy atom. The predicted molar refractivity (Wildman–Crippen MR) is 109 cm³/mol. The number of halogens is 1. The number of sulfonamides is 1. The van der Waals surface area contributed by atoms with Gasteiger partial charge in [0.2, 0.25) is 10.0 Å². The van der Waals surface area contributed by atoms with E-state index >= 15 is 0 Å². The summed E-state index contributed by atoms with van der Waals surface area (Å²) < 4.78 is 37.7. The van der Waals surface area contributed by atoms with Crippen molar-refractivity contribution < 1.29 is 27.6 Å². The zero-order valence-electron chi connectivity index (χ0n) is 15.8. The van der Waals surface area contributed by atoms with Crippen molar-refractivity contribution in [2.45, 2.75) is 4.90 Å². The van der Waals surface area contributed by atoms with Gasteiger partial charge in [-0.2, -0.15) is 4.31 Å². The van der Waals surface area contributed by atoms with Gasteiger partial charge in [-0.3, -0.25) is 14.9 Å². The van der Waals surface area contributed by atoms with Gasteiger partial charge in [0.05, 0.1) is 25.2 Å². The summed E-state index contributed by atoms with van der Waals surface area (Å²) >= 11 is 5.77. The van der Waals surface area contributed by atoms with Gasteiger partial charge in [0.15, 0.2) is 0 Å². The molecule has 0 aromatic heterocycles. The predicted octanol–water partition coefficient (Wildman–Crippen LogP) is 2.53. The minimum absolute atomic E-state index is 0.0419. The van der Waals surface area contributed by atoms with Crippen LogP contribution in [0.5, 0.6) is 5.75 Å². The van der Waals surface area contributed by atoms with Gasteiger partial charge < -0.3 is 14.8 Å². The van der Waals surface area contributed by atoms with Crippen LogP contribution >= 0.6 is 11.6 Å². The molecule has 30 heavy (non-hydrogen) atoms. The fraction of sp³-hybridized carbons (Fsp3) is 0.278. The molecule has 1 amide bonds. The van der Waals surface area contributed by atoms with Crippen LogP contribution in [0.1, 0.15) is 10.4 Å². The first-order chi connectivity index (χ1) is 14.2. The third-order valence-corrected chi connectivity index (χ3v) is 6.65. The second-order valence-corrected chi connectivity index (χ2v) is 8.57. The van der Waals surface area contributed by atoms with Crippen molar-refractivity contribution in [3.8, 4) is 5.75 Å². The standard InChI is InChI=1S/C18H18ClN3O7S/c1-28-16-5-2-12(10-17(16)30(26,27)21-6-8-29-9-7-21)18(23)20-13-3-4-14(19)15(11-13)22(24)25/h2-5,10-11H,6-9H2,1H3,(H,20,23). The number of nitro groups is 1. The van der Waals surface area contributed by atoms with Crippen molar-refractivity contribution in [2.24, 2.45) is 0 Å². The average Bonchev–Trinajstić information content (AvgIpc) is 2.75. The van der Waals surface area contributed by atoms with Gasteiger partial charge in [-0.05, 0) is 30.3 Å². The molecule has 2 aromatic rings. The Bertz CT molecular complexity index is 1090. The molecule has 1 aliphatic heterocycles. The number of hydrogen-bond donors (Lipinski definition) is 1. The molecule has 1 heterocycles. The maximum atomic E-state index is 13.0. The SMILES string of the molecule is COc1ccc(C(=O)Nc2ccc(Cl)c([N+](=O)[O-])c2)cc1S(=O)(=O)N1CCOCC1. The molecule has 3 rings (SSSR count). The van der Waals surface area contributed by atoms with Gasteiger partial charge in [0.25, 0.3) is 11.6 Å². The van der Waals surface area contributed by atoms with Crippen LogP contribution in [0.2, 0.25) is 5.02 Å². The molecule has 1 aliphatic rings. The number of nitrogens with one attached hydrogen (secondary N) is 1. The quantitative estimate of drug-likeness (QED) is 0.523. The first kappa shape index (κ1) is 22.0. The molecule has 1 fully saturated rings. The van der Waals surface area contributed by atoms with E-state index in [1.165, 1.54) is 41.7 Å². The zero-order chi connectivity index (χ0) is 21.9. The highest BCUT2D eigenvalue weighted by Crippen LogP contribution is 2.30. The number of nitrogens with zero attached hydrogens (tertiary/aromatic N) is 2. The smallest absolute Gasteiger partial charge is 0.289 e. The second-order valence-electron chi connectivity index (χ2n) is 6.26. The van der Waals surface area contributed by atoms with E-state index in [0.29, 0.717) is 0 Å². The molecule has 0 unspecified atom stereocenters. The third kappa shape index (κ3) is 4.54. The summed E-state index contributed by atoms with van der Waals surface area (Å²) in [6.45, 7) is 0.931. The van der Waals surface area contributed by atoms with Gasteiger partial charge in [0.1, 0.15) is 15.7 Å². The maximum absolute atomic E-state index is 13.0. The van der Waals surface area contributed by atoms with Crippen LogP contribution in [0.4, 0.5) is 11.4 Å². The van der Waals surface area contributed by atoms with E-state index in [9.17, 15) is 23.3 Å². The molecule has 160 valence electrons. The van der Waals surface area contributed by atoms with Crippen molar-refractivity contribution >= 4 is 38.9 Å². The van der Waals surface area contributed by atoms with Crippen LogP contribution < -0.4 is 10.1 Å². The summed E-state index contributed by atoms with van der Waals surface area (Å²) in [4.78, 5) is 22.9. The molecule has 0 saturated carbocycles. The van der Waals surface area contributed by atoms with E-state index < -0.39 is 20.9 Å². The zero-order valence-corrected chi connectivity index (χ0v) is 17.4. The van der Waals surface area contributed by atoms with Gasteiger partial charge in [-0.15, -0.1) is 0 Å². The van der Waals surface area contributed by atoms with E-state index in [-0.39, 0.29) is 58.9 Å². The van der Waals surface area contributed by atoms with E-state index in [4.69, 9.17) is 21.1 Å². The van der Waals surface area contributed by atoms with E-state index in [0.717, 1.165) is 6.07 Å². The molecule has 0 radical (unpaired) electrons. The van der Waals surface area contributed by atoms with Crippen molar-refractivity contribution in [1.82, 2.24) is 4.31 Å². The number of carbonyl (C=O) groups is 1. The lowest BCUT2D eigenvalue weighted by Crippen LogP contribution is -2.40. The number of nitro benzene ring substituents is 1. The highest BCUT2D eigenvalue weighted by Gasteiger charge is 2.30. The van der Waals surface area contributed by atoms with Crippen molar-refractivity contribution in [2.75, 3.05) is 38.7 Å². The second kappa shape index (κ2) is 8.96. The van der Waals surface area contributed by atoms with E-state index in [1.54, 1.807) is 0 Å². The van der Waals surface area contributed by atoms with Gasteiger partial charge in [-0.25, -0.2) is 8.42 Å². The van der Waals surface area contributed by atoms with E-state index in [2.05, 4.69) is 5.32 Å². The summed E-state index contributed by atoms with van der Waals surface area (Å²) in [6, 6.07) is 7.81. The van der Waals surface area contributed by atoms with Gasteiger partial charge in [0, 0.05) is 30.4 Å². The van der Waals surface area contributed by atoms with Crippen LogP contribution in [-0.2, 0) is 14.8 Å². The Balaban J connectivity index is 1.92. The highest BCUT2D eigenvalue weighted by atomic mass is 35.5. The highest BCUT2D eigenvalue weighted by molar-refractivity contribution is 7.89. The van der Waals surface area contributed by atoms with Crippen LogP contribution in [0, 0.1) is 10.1 Å². The Morgan fingerprint density at radius 3 is 2.57 bits per heavy atom. The average molecular weight is 456 g/mol. The number of benzene rings is 2. The van der Waals surface area contributed by atoms with Crippen LogP contribution in [-0.4, -0.2) is 57.0 Å². The van der Waals surface area contributed by atoms with Gasteiger partial charge in [-0.1, -0.05) is 11.6 Å². The van der Waals surface area contributed by atoms with Gasteiger partial charge >= 0.3 is 0 Å². The maximum Gasteiger partial charge on any atom is 0.289 e. The monoisotopic (exact) mass is 455 g/mol. The Hall–Kier alpha value is -2.73. The first-order valence-corrected chi connectivity index (χ1v) is 10.6. The molecule has 1 saturated heterocycles. The fourth-order valence-electron chi connectivity index (χ4n) is 2.88. The summed E-state index contributed by atoms with van der Waals surface area (Å²) in [6.07, 6.45) is 0. The molecule has 2 aromatic carbocycles. The lowest BCUT2D eigenvalue weighted by molar-refractivity contribution is -0.384. The molecule has 0 atom stereocenters. The molecule has 0 aliphatic carbocycles. The number of morpholine rings is 1. The minimum Gasteiger partial charge on any atom is -0.495 e. The topological polar surface area (TPSA) is 128 Å². The van der Waals surface area contributed by atoms with Crippen LogP contribution in [0.15, 0.2) is 41.3 Å². The van der Waals surface area contributed by atoms with Crippen molar-refractivity contribution in [3.63, 3.8) is 0 Å². The molecule has 0 bridgehead atoms. The fourth-order valence-corrected chi connectivity index (χ4v) is 4.66. The number of ether oxygens (including phenoxy) is 2. The number of carbonyl (C=O) groups excluding carboxylic acids is 1. The largest absolute Gasteiger partial charge is 0.495 e. The van der Waals surface area contributed by atoms with Crippen molar-refractivity contribution in [3.05, 3.63) is 57.1 Å². The summed E-state index contributed by atoms with van der Waals surface area (Å²) in [5, 5.41) is 13.5. The first-order valence-electron chi connectivity index (χ1n) is 8.75.